The Bertz CT molecular complexity index is 760. The Labute approximate surface area is 122 Å². The SMILES string of the molecule is CCc1cc(-n2cnc(-c3ccc(N)cc3)n2)nc(C)n1. The molecule has 2 aromatic heterocycles. The molecule has 2 N–H and O–H groups in total. The molecule has 0 amide bonds. The molecule has 1 aromatic carbocycles. The standard InChI is InChI=1S/C15H16N6/c1-3-13-8-14(19-10(2)18-13)21-9-17-15(20-21)11-4-6-12(16)7-5-11/h4-9H,3,16H2,1-2H3. The zero-order valence-electron chi connectivity index (χ0n) is 12.0. The summed E-state index contributed by atoms with van der Waals surface area (Å²) in [5.41, 5.74) is 8.32. The summed E-state index contributed by atoms with van der Waals surface area (Å²) in [7, 11) is 0. The second-order valence-electron chi connectivity index (χ2n) is 4.75. The van der Waals surface area contributed by atoms with E-state index in [0.29, 0.717) is 5.82 Å². The van der Waals surface area contributed by atoms with Crippen LogP contribution < -0.4 is 5.73 Å². The number of anilines is 1. The van der Waals surface area contributed by atoms with E-state index in [-0.39, 0.29) is 0 Å². The highest BCUT2D eigenvalue weighted by molar-refractivity contribution is 5.58. The van der Waals surface area contributed by atoms with Gasteiger partial charge in [-0.1, -0.05) is 6.92 Å². The van der Waals surface area contributed by atoms with E-state index in [1.165, 1.54) is 0 Å². The van der Waals surface area contributed by atoms with Crippen LogP contribution in [0, 0.1) is 6.92 Å². The van der Waals surface area contributed by atoms with E-state index >= 15 is 0 Å². The van der Waals surface area contributed by atoms with Crippen LogP contribution in [0.15, 0.2) is 36.7 Å². The molecule has 0 unspecified atom stereocenters. The smallest absolute Gasteiger partial charge is 0.181 e. The van der Waals surface area contributed by atoms with Gasteiger partial charge >= 0.3 is 0 Å². The summed E-state index contributed by atoms with van der Waals surface area (Å²) >= 11 is 0. The number of hydrogen-bond acceptors (Lipinski definition) is 5. The van der Waals surface area contributed by atoms with Crippen molar-refractivity contribution >= 4 is 5.69 Å². The monoisotopic (exact) mass is 280 g/mol. The molecule has 0 aliphatic rings. The van der Waals surface area contributed by atoms with Crippen molar-refractivity contribution in [2.75, 3.05) is 5.73 Å². The molecular weight excluding hydrogens is 264 g/mol. The number of nitrogens with zero attached hydrogens (tertiary/aromatic N) is 5. The third-order valence-electron chi connectivity index (χ3n) is 3.14. The largest absolute Gasteiger partial charge is 0.399 e. The van der Waals surface area contributed by atoms with Crippen LogP contribution in [-0.2, 0) is 6.42 Å². The maximum Gasteiger partial charge on any atom is 0.181 e. The fraction of sp³-hybridized carbons (Fsp3) is 0.200. The molecule has 0 aliphatic heterocycles. The van der Waals surface area contributed by atoms with E-state index in [4.69, 9.17) is 5.73 Å². The minimum atomic E-state index is 0.643. The third-order valence-corrected chi connectivity index (χ3v) is 3.14. The van der Waals surface area contributed by atoms with Crippen LogP contribution in [0.1, 0.15) is 18.4 Å². The lowest BCUT2D eigenvalue weighted by Crippen LogP contribution is -2.03. The Morgan fingerprint density at radius 2 is 1.90 bits per heavy atom. The highest BCUT2D eigenvalue weighted by Gasteiger charge is 2.08. The molecule has 6 heteroatoms. The lowest BCUT2D eigenvalue weighted by molar-refractivity contribution is 0.815. The third kappa shape index (κ3) is 2.74. The van der Waals surface area contributed by atoms with Crippen molar-refractivity contribution in [3.8, 4) is 17.2 Å². The van der Waals surface area contributed by atoms with Crippen LogP contribution in [0.25, 0.3) is 17.2 Å². The van der Waals surface area contributed by atoms with Crippen molar-refractivity contribution in [2.45, 2.75) is 20.3 Å². The summed E-state index contributed by atoms with van der Waals surface area (Å²) in [5.74, 6) is 2.10. The number of rotatable bonds is 3. The van der Waals surface area contributed by atoms with Crippen LogP contribution in [0.5, 0.6) is 0 Å². The summed E-state index contributed by atoms with van der Waals surface area (Å²) in [5, 5.41) is 4.47. The molecule has 2 heterocycles. The molecule has 0 fully saturated rings. The first-order chi connectivity index (χ1) is 10.2. The fourth-order valence-corrected chi connectivity index (χ4v) is 2.05. The molecule has 6 nitrogen and oxygen atoms in total. The van der Waals surface area contributed by atoms with Gasteiger partial charge in [0.15, 0.2) is 11.6 Å². The van der Waals surface area contributed by atoms with Gasteiger partial charge in [-0.2, -0.15) is 0 Å². The van der Waals surface area contributed by atoms with Gasteiger partial charge in [0, 0.05) is 23.0 Å². The predicted molar refractivity (Wildman–Crippen MR) is 80.9 cm³/mol. The second kappa shape index (κ2) is 5.32. The van der Waals surface area contributed by atoms with Crippen molar-refractivity contribution < 1.29 is 0 Å². The summed E-state index contributed by atoms with van der Waals surface area (Å²) in [6, 6.07) is 9.39. The molecule has 3 rings (SSSR count). The zero-order valence-corrected chi connectivity index (χ0v) is 12.0. The lowest BCUT2D eigenvalue weighted by atomic mass is 10.2. The molecule has 106 valence electrons. The number of nitrogens with two attached hydrogens (primary N) is 1. The first kappa shape index (κ1) is 13.2. The highest BCUT2D eigenvalue weighted by Crippen LogP contribution is 2.17. The van der Waals surface area contributed by atoms with Crippen LogP contribution in [0.4, 0.5) is 5.69 Å². The Morgan fingerprint density at radius 3 is 2.62 bits per heavy atom. The molecule has 0 aliphatic carbocycles. The average Bonchev–Trinajstić information content (AvgIpc) is 2.97. The van der Waals surface area contributed by atoms with Crippen molar-refractivity contribution in [1.29, 1.82) is 0 Å². The van der Waals surface area contributed by atoms with Gasteiger partial charge in [0.25, 0.3) is 0 Å². The van der Waals surface area contributed by atoms with E-state index in [1.54, 1.807) is 11.0 Å². The van der Waals surface area contributed by atoms with Crippen molar-refractivity contribution in [3.63, 3.8) is 0 Å². The van der Waals surface area contributed by atoms with Gasteiger partial charge in [0.05, 0.1) is 0 Å². The maximum atomic E-state index is 5.69. The summed E-state index contributed by atoms with van der Waals surface area (Å²) in [6.07, 6.45) is 2.52. The van der Waals surface area contributed by atoms with Crippen LogP contribution in [-0.4, -0.2) is 24.7 Å². The lowest BCUT2D eigenvalue weighted by Gasteiger charge is -2.03. The first-order valence-corrected chi connectivity index (χ1v) is 6.78. The minimum absolute atomic E-state index is 0.643. The van der Waals surface area contributed by atoms with E-state index in [1.807, 2.05) is 37.3 Å². The van der Waals surface area contributed by atoms with Gasteiger partial charge in [-0.25, -0.2) is 19.6 Å². The number of nitrogen functional groups attached to an aromatic ring is 1. The predicted octanol–water partition coefficient (Wildman–Crippen LogP) is 2.18. The molecule has 0 bridgehead atoms. The van der Waals surface area contributed by atoms with E-state index in [0.717, 1.165) is 35.0 Å². The Kier molecular flexibility index (Phi) is 3.35. The van der Waals surface area contributed by atoms with E-state index in [2.05, 4.69) is 27.0 Å². The number of aryl methyl sites for hydroxylation is 2. The zero-order chi connectivity index (χ0) is 14.8. The van der Waals surface area contributed by atoms with Gasteiger partial charge in [-0.15, -0.1) is 5.10 Å². The normalized spacial score (nSPS) is 10.8. The molecule has 0 saturated heterocycles. The topological polar surface area (TPSA) is 82.5 Å². The summed E-state index contributed by atoms with van der Waals surface area (Å²) in [4.78, 5) is 13.1. The summed E-state index contributed by atoms with van der Waals surface area (Å²) < 4.78 is 1.67. The van der Waals surface area contributed by atoms with Gasteiger partial charge in [-0.05, 0) is 37.6 Å². The first-order valence-electron chi connectivity index (χ1n) is 6.78. The fourth-order valence-electron chi connectivity index (χ4n) is 2.05. The van der Waals surface area contributed by atoms with Crippen molar-refractivity contribution in [2.24, 2.45) is 0 Å². The number of hydrogen-bond donors (Lipinski definition) is 1. The Balaban J connectivity index is 1.98. The minimum Gasteiger partial charge on any atom is -0.399 e. The molecule has 0 atom stereocenters. The summed E-state index contributed by atoms with van der Waals surface area (Å²) in [6.45, 7) is 3.94. The van der Waals surface area contributed by atoms with Crippen molar-refractivity contribution in [1.82, 2.24) is 24.7 Å². The molecule has 0 spiro atoms. The second-order valence-corrected chi connectivity index (χ2v) is 4.75. The van der Waals surface area contributed by atoms with Crippen LogP contribution in [0.2, 0.25) is 0 Å². The molecular formula is C15H16N6. The van der Waals surface area contributed by atoms with E-state index in [9.17, 15) is 0 Å². The number of aromatic nitrogens is 5. The quantitative estimate of drug-likeness (QED) is 0.743. The molecule has 21 heavy (non-hydrogen) atoms. The highest BCUT2D eigenvalue weighted by atomic mass is 15.4. The van der Waals surface area contributed by atoms with Gasteiger partial charge in [0.2, 0.25) is 0 Å². The number of benzene rings is 1. The van der Waals surface area contributed by atoms with Crippen molar-refractivity contribution in [3.05, 3.63) is 48.2 Å². The maximum absolute atomic E-state index is 5.69. The Hall–Kier alpha value is -2.76. The van der Waals surface area contributed by atoms with Gasteiger partial charge < -0.3 is 5.73 Å². The van der Waals surface area contributed by atoms with Crippen LogP contribution in [0.3, 0.4) is 0 Å². The van der Waals surface area contributed by atoms with E-state index < -0.39 is 0 Å². The van der Waals surface area contributed by atoms with Gasteiger partial charge in [-0.3, -0.25) is 0 Å². The van der Waals surface area contributed by atoms with Crippen LogP contribution >= 0.6 is 0 Å². The Morgan fingerprint density at radius 1 is 1.14 bits per heavy atom. The average molecular weight is 280 g/mol. The molecule has 3 aromatic rings. The molecule has 0 saturated carbocycles. The molecule has 0 radical (unpaired) electrons. The van der Waals surface area contributed by atoms with Gasteiger partial charge in [0.1, 0.15) is 12.2 Å².